The number of hydrogen-bond acceptors (Lipinski definition) is 3. The third-order valence-corrected chi connectivity index (χ3v) is 4.96. The molecule has 28 heavy (non-hydrogen) atoms. The Kier molecular flexibility index (Phi) is 5.93. The summed E-state index contributed by atoms with van der Waals surface area (Å²) >= 11 is 0. The molecule has 2 aromatic carbocycles. The Labute approximate surface area is 161 Å². The molecule has 1 aliphatic heterocycles. The molecule has 0 saturated carbocycles. The van der Waals surface area contributed by atoms with Gasteiger partial charge in [0.05, 0.1) is 18.2 Å². The molecule has 0 aromatic heterocycles. The van der Waals surface area contributed by atoms with E-state index in [0.29, 0.717) is 37.3 Å². The molecule has 2 aromatic rings. The Balaban J connectivity index is 2.16. The average molecular weight is 393 g/mol. The summed E-state index contributed by atoms with van der Waals surface area (Å²) < 4.78 is 46.6. The minimum Gasteiger partial charge on any atom is -0.494 e. The van der Waals surface area contributed by atoms with Gasteiger partial charge in [-0.3, -0.25) is 9.69 Å². The number of hydrogen-bond donors (Lipinski definition) is 1. The average Bonchev–Trinajstić information content (AvgIpc) is 3.12. The maximum atomic E-state index is 13.7. The number of carboxylic acids is 1. The van der Waals surface area contributed by atoms with Crippen molar-refractivity contribution in [2.75, 3.05) is 13.2 Å². The number of carboxylic acid groups (broad SMARTS) is 1. The van der Waals surface area contributed by atoms with Gasteiger partial charge in [0, 0.05) is 6.54 Å². The van der Waals surface area contributed by atoms with Crippen LogP contribution in [0.5, 0.6) is 5.75 Å². The highest BCUT2D eigenvalue weighted by molar-refractivity contribution is 5.74. The van der Waals surface area contributed by atoms with E-state index in [0.717, 1.165) is 6.07 Å². The topological polar surface area (TPSA) is 49.8 Å². The molecule has 0 spiro atoms. The lowest BCUT2D eigenvalue weighted by Crippen LogP contribution is -2.39. The van der Waals surface area contributed by atoms with Crippen LogP contribution in [0.4, 0.5) is 13.2 Å². The fraction of sp³-hybridized carbons (Fsp3) is 0.381. The second kappa shape index (κ2) is 8.22. The number of benzene rings is 2. The van der Waals surface area contributed by atoms with Crippen LogP contribution in [0.3, 0.4) is 0 Å². The summed E-state index contributed by atoms with van der Waals surface area (Å²) in [5.41, 5.74) is -0.120. The van der Waals surface area contributed by atoms with Crippen molar-refractivity contribution < 1.29 is 27.8 Å². The quantitative estimate of drug-likeness (QED) is 0.770. The summed E-state index contributed by atoms with van der Waals surface area (Å²) in [6.45, 7) is 2.66. The number of ether oxygens (including phenoxy) is 1. The zero-order valence-electron chi connectivity index (χ0n) is 15.4. The Morgan fingerprint density at radius 2 is 2.00 bits per heavy atom. The lowest BCUT2D eigenvalue weighted by atomic mass is 9.92. The van der Waals surface area contributed by atoms with Crippen LogP contribution in [0.1, 0.15) is 42.5 Å². The zero-order chi connectivity index (χ0) is 20.3. The van der Waals surface area contributed by atoms with Gasteiger partial charge in [0.1, 0.15) is 11.8 Å². The van der Waals surface area contributed by atoms with Gasteiger partial charge in [0.15, 0.2) is 0 Å². The predicted molar refractivity (Wildman–Crippen MR) is 98.3 cm³/mol. The van der Waals surface area contributed by atoms with Crippen LogP contribution in [0.15, 0.2) is 48.5 Å². The van der Waals surface area contributed by atoms with Crippen LogP contribution in [-0.4, -0.2) is 35.2 Å². The Morgan fingerprint density at radius 3 is 2.68 bits per heavy atom. The van der Waals surface area contributed by atoms with Crippen molar-refractivity contribution in [2.45, 2.75) is 38.0 Å². The van der Waals surface area contributed by atoms with Crippen molar-refractivity contribution >= 4 is 5.97 Å². The van der Waals surface area contributed by atoms with Crippen molar-refractivity contribution in [3.05, 3.63) is 65.2 Å². The van der Waals surface area contributed by atoms with Crippen molar-refractivity contribution in [3.63, 3.8) is 0 Å². The molecule has 3 rings (SSSR count). The van der Waals surface area contributed by atoms with E-state index in [4.69, 9.17) is 4.74 Å². The smallest absolute Gasteiger partial charge is 0.416 e. The van der Waals surface area contributed by atoms with E-state index in [1.54, 1.807) is 35.2 Å². The molecule has 0 bridgehead atoms. The summed E-state index contributed by atoms with van der Waals surface area (Å²) in [5.74, 6) is -0.478. The second-order valence-electron chi connectivity index (χ2n) is 6.73. The van der Waals surface area contributed by atoms with Crippen LogP contribution in [0.25, 0.3) is 0 Å². The first kappa shape index (κ1) is 20.2. The van der Waals surface area contributed by atoms with E-state index in [2.05, 4.69) is 0 Å². The van der Waals surface area contributed by atoms with Gasteiger partial charge in [-0.15, -0.1) is 0 Å². The van der Waals surface area contributed by atoms with Gasteiger partial charge in [0.2, 0.25) is 0 Å². The van der Waals surface area contributed by atoms with Crippen molar-refractivity contribution in [1.29, 1.82) is 0 Å². The van der Waals surface area contributed by atoms with Crippen molar-refractivity contribution in [3.8, 4) is 5.75 Å². The molecule has 2 unspecified atom stereocenters. The maximum absolute atomic E-state index is 13.7. The Hall–Kier alpha value is -2.54. The molecule has 150 valence electrons. The highest BCUT2D eigenvalue weighted by atomic mass is 19.4. The van der Waals surface area contributed by atoms with Crippen molar-refractivity contribution in [1.82, 2.24) is 4.90 Å². The third-order valence-electron chi connectivity index (χ3n) is 4.96. The molecule has 1 aliphatic rings. The van der Waals surface area contributed by atoms with Gasteiger partial charge in [-0.25, -0.2) is 0 Å². The van der Waals surface area contributed by atoms with Gasteiger partial charge >= 0.3 is 12.1 Å². The summed E-state index contributed by atoms with van der Waals surface area (Å²) in [6.07, 6.45) is -3.51. The number of likely N-dealkylation sites (tertiary alicyclic amines) is 1. The summed E-state index contributed by atoms with van der Waals surface area (Å²) in [7, 11) is 0. The van der Waals surface area contributed by atoms with Gasteiger partial charge in [-0.1, -0.05) is 30.3 Å². The molecule has 1 saturated heterocycles. The van der Waals surface area contributed by atoms with Crippen LogP contribution >= 0.6 is 0 Å². The number of aliphatic carboxylic acids is 1. The van der Waals surface area contributed by atoms with Gasteiger partial charge in [0.25, 0.3) is 0 Å². The summed E-state index contributed by atoms with van der Waals surface area (Å²) in [5, 5.41) is 9.61. The largest absolute Gasteiger partial charge is 0.494 e. The molecule has 2 atom stereocenters. The highest BCUT2D eigenvalue weighted by Gasteiger charge is 2.41. The van der Waals surface area contributed by atoms with Crippen LogP contribution in [-0.2, 0) is 11.0 Å². The molecule has 0 aliphatic carbocycles. The number of halogens is 3. The minimum absolute atomic E-state index is 0.0526. The van der Waals surface area contributed by atoms with E-state index < -0.39 is 29.8 Å². The molecule has 4 nitrogen and oxygen atoms in total. The first-order valence-electron chi connectivity index (χ1n) is 9.20. The second-order valence-corrected chi connectivity index (χ2v) is 6.73. The lowest BCUT2D eigenvalue weighted by Gasteiger charge is -2.33. The number of alkyl halides is 3. The predicted octanol–water partition coefficient (Wildman–Crippen LogP) is 4.74. The first-order valence-corrected chi connectivity index (χ1v) is 9.20. The molecule has 1 heterocycles. The van der Waals surface area contributed by atoms with E-state index in [1.807, 2.05) is 6.92 Å². The van der Waals surface area contributed by atoms with E-state index in [9.17, 15) is 23.1 Å². The maximum Gasteiger partial charge on any atom is 0.416 e. The van der Waals surface area contributed by atoms with Gasteiger partial charge in [-0.2, -0.15) is 13.2 Å². The first-order chi connectivity index (χ1) is 13.3. The molecular weight excluding hydrogens is 371 g/mol. The monoisotopic (exact) mass is 393 g/mol. The number of rotatable bonds is 6. The zero-order valence-corrected chi connectivity index (χ0v) is 15.4. The van der Waals surface area contributed by atoms with Crippen LogP contribution in [0.2, 0.25) is 0 Å². The van der Waals surface area contributed by atoms with E-state index in [1.165, 1.54) is 12.1 Å². The molecule has 7 heteroatoms. The van der Waals surface area contributed by atoms with Crippen LogP contribution < -0.4 is 4.74 Å². The van der Waals surface area contributed by atoms with Gasteiger partial charge < -0.3 is 9.84 Å². The number of carbonyl (C=O) groups is 1. The third kappa shape index (κ3) is 4.14. The van der Waals surface area contributed by atoms with E-state index in [-0.39, 0.29) is 5.56 Å². The Bertz CT molecular complexity index is 838. The molecule has 1 fully saturated rings. The standard InChI is InChI=1S/C21H22F3NO3/c1-2-28-15-8-5-7-14(13-15)19(25-12-6-11-18(25)20(26)27)16-9-3-4-10-17(16)21(22,23)24/h3-5,7-10,13,18-19H,2,6,11-12H2,1H3,(H,26,27). The summed E-state index contributed by atoms with van der Waals surface area (Å²) in [4.78, 5) is 13.4. The molecule has 0 amide bonds. The molecule has 0 radical (unpaired) electrons. The van der Waals surface area contributed by atoms with Crippen molar-refractivity contribution in [2.24, 2.45) is 0 Å². The van der Waals surface area contributed by atoms with Gasteiger partial charge in [-0.05, 0) is 49.1 Å². The van der Waals surface area contributed by atoms with Crippen LogP contribution in [0, 0.1) is 0 Å². The van der Waals surface area contributed by atoms with E-state index >= 15 is 0 Å². The summed E-state index contributed by atoms with van der Waals surface area (Å²) in [6, 6.07) is 10.6. The fourth-order valence-electron chi connectivity index (χ4n) is 3.85. The lowest BCUT2D eigenvalue weighted by molar-refractivity contribution is -0.143. The highest BCUT2D eigenvalue weighted by Crippen LogP contribution is 2.42. The normalized spacial score (nSPS) is 18.8. The Morgan fingerprint density at radius 1 is 1.25 bits per heavy atom. The SMILES string of the molecule is CCOc1cccc(C(c2ccccc2C(F)(F)F)N2CCCC2C(=O)O)c1. The number of nitrogens with zero attached hydrogens (tertiary/aromatic N) is 1. The molecular formula is C21H22F3NO3. The minimum atomic E-state index is -4.54. The molecule has 1 N–H and O–H groups in total. The fourth-order valence-corrected chi connectivity index (χ4v) is 3.85.